The molecule has 2 aliphatic rings. The fraction of sp³-hybridized carbons (Fsp3) is 0.400. The topological polar surface area (TPSA) is 125 Å². The van der Waals surface area contributed by atoms with Gasteiger partial charge >= 0.3 is 12.1 Å². The number of nitrogens with one attached hydrogen (secondary N) is 2. The number of alkyl carbamates (subject to hydrolysis) is 1. The molecule has 0 aromatic heterocycles. The van der Waals surface area contributed by atoms with E-state index in [2.05, 4.69) is 34.9 Å². The lowest BCUT2D eigenvalue weighted by Crippen LogP contribution is -2.44. The summed E-state index contributed by atoms with van der Waals surface area (Å²) in [6.07, 6.45) is 0.452. The maximum Gasteiger partial charge on any atom is 0.407 e. The van der Waals surface area contributed by atoms with Gasteiger partial charge in [0.2, 0.25) is 5.91 Å². The number of amides is 2. The molecular formula is C25H28N2O6. The molecule has 1 unspecified atom stereocenters. The highest BCUT2D eigenvalue weighted by atomic mass is 16.5. The summed E-state index contributed by atoms with van der Waals surface area (Å²) in [7, 11) is 0. The van der Waals surface area contributed by atoms with Gasteiger partial charge in [-0.1, -0.05) is 55.0 Å². The van der Waals surface area contributed by atoms with Crippen LogP contribution in [0.5, 0.6) is 0 Å². The van der Waals surface area contributed by atoms with Crippen LogP contribution in [-0.4, -0.2) is 53.5 Å². The number of carbonyl (C=O) groups is 3. The van der Waals surface area contributed by atoms with Gasteiger partial charge < -0.3 is 25.6 Å². The normalized spacial score (nSPS) is 20.3. The second-order valence-electron chi connectivity index (χ2n) is 8.63. The summed E-state index contributed by atoms with van der Waals surface area (Å²) in [6.45, 7) is -0.112. The molecule has 2 aliphatic carbocycles. The zero-order valence-electron chi connectivity index (χ0n) is 18.2. The van der Waals surface area contributed by atoms with Crippen LogP contribution >= 0.6 is 0 Å². The molecule has 0 saturated heterocycles. The molecule has 4 N–H and O–H groups in total. The van der Waals surface area contributed by atoms with Crippen molar-refractivity contribution in [1.29, 1.82) is 0 Å². The van der Waals surface area contributed by atoms with Gasteiger partial charge in [0.25, 0.3) is 0 Å². The fourth-order valence-corrected chi connectivity index (χ4v) is 4.79. The quantitative estimate of drug-likeness (QED) is 0.512. The number of fused-ring (bicyclic) bond motifs is 3. The summed E-state index contributed by atoms with van der Waals surface area (Å²) in [5, 5.41) is 23.4. The van der Waals surface area contributed by atoms with Crippen molar-refractivity contribution in [2.45, 2.75) is 43.7 Å². The summed E-state index contributed by atoms with van der Waals surface area (Å²) >= 11 is 0. The summed E-state index contributed by atoms with van der Waals surface area (Å²) < 4.78 is 5.59. The van der Waals surface area contributed by atoms with Crippen LogP contribution in [0.1, 0.15) is 42.7 Å². The van der Waals surface area contributed by atoms with Gasteiger partial charge in [0.05, 0.1) is 6.54 Å². The number of carboxylic acids is 1. The summed E-state index contributed by atoms with van der Waals surface area (Å²) in [6, 6.07) is 16.1. The molecular weight excluding hydrogens is 424 g/mol. The zero-order chi connectivity index (χ0) is 23.4. The number of hydrogen-bond donors (Lipinski definition) is 4. The van der Waals surface area contributed by atoms with Gasteiger partial charge in [-0.3, -0.25) is 4.79 Å². The van der Waals surface area contributed by atoms with Crippen molar-refractivity contribution in [1.82, 2.24) is 10.6 Å². The maximum atomic E-state index is 12.5. The van der Waals surface area contributed by atoms with E-state index in [4.69, 9.17) is 9.84 Å². The highest BCUT2D eigenvalue weighted by Crippen LogP contribution is 2.44. The average Bonchev–Trinajstić information content (AvgIpc) is 3.15. The van der Waals surface area contributed by atoms with Crippen molar-refractivity contribution in [3.8, 4) is 11.1 Å². The molecule has 33 heavy (non-hydrogen) atoms. The SMILES string of the molecule is O=C(N[C@@H]1CCC[C@H](C(=O)NCC(O)C(=O)O)C1)OCC1c2ccccc2-c2ccccc21. The van der Waals surface area contributed by atoms with Gasteiger partial charge in [0.15, 0.2) is 6.10 Å². The van der Waals surface area contributed by atoms with Crippen molar-refractivity contribution in [2.75, 3.05) is 13.2 Å². The van der Waals surface area contributed by atoms with Crippen LogP contribution in [0.25, 0.3) is 11.1 Å². The first kappa shape index (κ1) is 22.8. The molecule has 2 aromatic rings. The van der Waals surface area contributed by atoms with Crippen LogP contribution in [-0.2, 0) is 14.3 Å². The number of carboxylic acid groups (broad SMARTS) is 1. The molecule has 0 spiro atoms. The maximum absolute atomic E-state index is 12.5. The smallest absolute Gasteiger partial charge is 0.407 e. The molecule has 0 radical (unpaired) electrons. The molecule has 0 bridgehead atoms. The highest BCUT2D eigenvalue weighted by Gasteiger charge is 2.31. The van der Waals surface area contributed by atoms with Crippen molar-refractivity contribution >= 4 is 18.0 Å². The van der Waals surface area contributed by atoms with Crippen molar-refractivity contribution < 1.29 is 29.3 Å². The van der Waals surface area contributed by atoms with Gasteiger partial charge in [-0.2, -0.15) is 0 Å². The lowest BCUT2D eigenvalue weighted by atomic mass is 9.85. The third-order valence-corrected chi connectivity index (χ3v) is 6.47. The van der Waals surface area contributed by atoms with E-state index in [0.29, 0.717) is 12.8 Å². The van der Waals surface area contributed by atoms with Gasteiger partial charge in [0.1, 0.15) is 6.61 Å². The van der Waals surface area contributed by atoms with Crippen LogP contribution in [0.3, 0.4) is 0 Å². The molecule has 2 aromatic carbocycles. The van der Waals surface area contributed by atoms with Crippen molar-refractivity contribution in [2.24, 2.45) is 5.92 Å². The van der Waals surface area contributed by atoms with E-state index in [1.807, 2.05) is 24.3 Å². The fourth-order valence-electron chi connectivity index (χ4n) is 4.79. The summed E-state index contributed by atoms with van der Waals surface area (Å²) in [5.41, 5.74) is 4.61. The van der Waals surface area contributed by atoms with Crippen molar-refractivity contribution in [3.63, 3.8) is 0 Å². The lowest BCUT2D eigenvalue weighted by molar-refractivity contribution is -0.146. The minimum atomic E-state index is -1.63. The number of benzene rings is 2. The zero-order valence-corrected chi connectivity index (χ0v) is 18.2. The molecule has 3 atom stereocenters. The van der Waals surface area contributed by atoms with Crippen LogP contribution in [0.4, 0.5) is 4.79 Å². The van der Waals surface area contributed by atoms with E-state index < -0.39 is 18.2 Å². The first-order valence-corrected chi connectivity index (χ1v) is 11.2. The first-order chi connectivity index (χ1) is 15.9. The van der Waals surface area contributed by atoms with Gasteiger partial charge in [-0.15, -0.1) is 0 Å². The molecule has 8 heteroatoms. The number of rotatable bonds is 7. The molecule has 174 valence electrons. The first-order valence-electron chi connectivity index (χ1n) is 11.2. The Kier molecular flexibility index (Phi) is 6.93. The van der Waals surface area contributed by atoms with Crippen LogP contribution in [0.15, 0.2) is 48.5 Å². The van der Waals surface area contributed by atoms with E-state index >= 15 is 0 Å². The van der Waals surface area contributed by atoms with Gasteiger partial charge in [-0.05, 0) is 41.5 Å². The Morgan fingerprint density at radius 2 is 1.64 bits per heavy atom. The largest absolute Gasteiger partial charge is 0.479 e. The predicted octanol–water partition coefficient (Wildman–Crippen LogP) is 2.65. The van der Waals surface area contributed by atoms with Crippen LogP contribution in [0, 0.1) is 5.92 Å². The lowest BCUT2D eigenvalue weighted by Gasteiger charge is -2.29. The van der Waals surface area contributed by atoms with Gasteiger partial charge in [-0.25, -0.2) is 9.59 Å². The van der Waals surface area contributed by atoms with E-state index in [1.54, 1.807) is 0 Å². The number of aliphatic hydroxyl groups excluding tert-OH is 1. The number of ether oxygens (including phenoxy) is 1. The van der Waals surface area contributed by atoms with E-state index in [1.165, 1.54) is 0 Å². The average molecular weight is 453 g/mol. The number of aliphatic carboxylic acids is 1. The third kappa shape index (κ3) is 5.17. The Morgan fingerprint density at radius 3 is 2.27 bits per heavy atom. The van der Waals surface area contributed by atoms with E-state index in [9.17, 15) is 19.5 Å². The van der Waals surface area contributed by atoms with Crippen LogP contribution in [0.2, 0.25) is 0 Å². The number of carbonyl (C=O) groups excluding carboxylic acids is 2. The minimum Gasteiger partial charge on any atom is -0.479 e. The molecule has 1 fully saturated rings. The Labute approximate surface area is 192 Å². The van der Waals surface area contributed by atoms with Gasteiger partial charge in [0, 0.05) is 17.9 Å². The highest BCUT2D eigenvalue weighted by molar-refractivity contribution is 5.81. The minimum absolute atomic E-state index is 0.0197. The number of hydrogen-bond acceptors (Lipinski definition) is 5. The Hall–Kier alpha value is -3.39. The molecule has 1 saturated carbocycles. The Bertz CT molecular complexity index is 994. The summed E-state index contributed by atoms with van der Waals surface area (Å²) in [5.74, 6) is -2.06. The Morgan fingerprint density at radius 1 is 1.00 bits per heavy atom. The third-order valence-electron chi connectivity index (χ3n) is 6.47. The second-order valence-corrected chi connectivity index (χ2v) is 8.63. The standard InChI is InChI=1S/C25H28N2O6/c28-22(24(30)31)13-26-23(29)15-6-5-7-16(12-15)27-25(32)33-14-21-19-10-3-1-8-17(19)18-9-2-4-11-20(18)21/h1-4,8-11,15-16,21-22,28H,5-7,12-14H2,(H,26,29)(H,27,32)(H,30,31)/t15-,16+,22?/m0/s1. The Balaban J connectivity index is 1.30. The predicted molar refractivity (Wildman–Crippen MR) is 121 cm³/mol. The molecule has 2 amide bonds. The summed E-state index contributed by atoms with van der Waals surface area (Å²) in [4.78, 5) is 35.5. The molecule has 0 heterocycles. The molecule has 8 nitrogen and oxygen atoms in total. The molecule has 0 aliphatic heterocycles. The van der Waals surface area contributed by atoms with E-state index in [-0.39, 0.29) is 36.9 Å². The monoisotopic (exact) mass is 452 g/mol. The molecule has 4 rings (SSSR count). The van der Waals surface area contributed by atoms with E-state index in [0.717, 1.165) is 35.1 Å². The second kappa shape index (κ2) is 10.0. The number of aliphatic hydroxyl groups is 1. The van der Waals surface area contributed by atoms with Crippen molar-refractivity contribution in [3.05, 3.63) is 59.7 Å². The van der Waals surface area contributed by atoms with Crippen LogP contribution < -0.4 is 10.6 Å².